The summed E-state index contributed by atoms with van der Waals surface area (Å²) >= 11 is 1.83. The number of nitrogens with zero attached hydrogens (tertiary/aromatic N) is 5. The molecule has 0 atom stereocenters. The zero-order valence-electron chi connectivity index (χ0n) is 21.4. The van der Waals surface area contributed by atoms with Gasteiger partial charge in [0.15, 0.2) is 0 Å². The first-order chi connectivity index (χ1) is 18.8. The molecule has 0 aromatic carbocycles. The number of hydrogen-bond acceptors (Lipinski definition) is 8. The van der Waals surface area contributed by atoms with Crippen LogP contribution in [0.2, 0.25) is 0 Å². The highest BCUT2D eigenvalue weighted by atomic mass is 32.2. The Kier molecular flexibility index (Phi) is 7.38. The van der Waals surface area contributed by atoms with Crippen molar-refractivity contribution in [2.45, 2.75) is 32.4 Å². The number of halogens is 2. The number of hydrogen-bond donors (Lipinski definition) is 1. The van der Waals surface area contributed by atoms with E-state index in [1.54, 1.807) is 19.9 Å². The van der Waals surface area contributed by atoms with Gasteiger partial charge in [-0.3, -0.25) is 19.1 Å². The first kappa shape index (κ1) is 26.4. The molecule has 4 aromatic rings. The number of rotatable bonds is 6. The maximum absolute atomic E-state index is 13.6. The Morgan fingerprint density at radius 1 is 1.13 bits per heavy atom. The Hall–Kier alpha value is -4.19. The number of thioether (sulfide) groups is 1. The quantitative estimate of drug-likeness (QED) is 0.368. The van der Waals surface area contributed by atoms with Gasteiger partial charge in [-0.15, -0.1) is 0 Å². The van der Waals surface area contributed by atoms with Gasteiger partial charge in [0.2, 0.25) is 0 Å². The normalized spacial score (nSPS) is 12.8. The van der Waals surface area contributed by atoms with Gasteiger partial charge in [-0.05, 0) is 49.8 Å². The van der Waals surface area contributed by atoms with Crippen LogP contribution in [-0.4, -0.2) is 43.3 Å². The Labute approximate surface area is 226 Å². The summed E-state index contributed by atoms with van der Waals surface area (Å²) in [5.41, 5.74) is 2.71. The van der Waals surface area contributed by atoms with Crippen LogP contribution < -0.4 is 15.6 Å². The second-order valence-electron chi connectivity index (χ2n) is 8.89. The highest BCUT2D eigenvalue weighted by molar-refractivity contribution is 7.98. The van der Waals surface area contributed by atoms with Gasteiger partial charge in [-0.1, -0.05) is 6.07 Å². The van der Waals surface area contributed by atoms with E-state index < -0.39 is 18.0 Å². The van der Waals surface area contributed by atoms with E-state index in [9.17, 15) is 18.4 Å². The average molecular weight is 551 g/mol. The molecule has 1 amide bonds. The Morgan fingerprint density at radius 2 is 1.95 bits per heavy atom. The minimum atomic E-state index is -2.85. The lowest BCUT2D eigenvalue weighted by Gasteiger charge is -2.17. The van der Waals surface area contributed by atoms with Crippen LogP contribution in [0.3, 0.4) is 0 Å². The van der Waals surface area contributed by atoms with Gasteiger partial charge in [0.05, 0.1) is 18.9 Å². The number of alkyl halides is 2. The van der Waals surface area contributed by atoms with E-state index >= 15 is 0 Å². The number of nitrogens with one attached hydrogen (secondary N) is 1. The van der Waals surface area contributed by atoms with Gasteiger partial charge < -0.3 is 10.1 Å². The standard InChI is InChI=1S/C27H24F2N6O3S/c1-14-15(2)32-13-35(27(14)37)24-9-17(18-8-21(25(28)29)30-11-22(18)38-3)19(10-31-24)26(36)34-23-5-4-16-12-39-7-6-20(16)33-23/h4-5,8-11,13,25H,6-7,12H2,1-3H3,(H,33,34,36). The molecule has 39 heavy (non-hydrogen) atoms. The summed E-state index contributed by atoms with van der Waals surface area (Å²) in [5, 5.41) is 2.80. The number of fused-ring (bicyclic) bond motifs is 1. The Morgan fingerprint density at radius 3 is 2.72 bits per heavy atom. The van der Waals surface area contributed by atoms with Crippen LogP contribution in [0.4, 0.5) is 14.6 Å². The van der Waals surface area contributed by atoms with E-state index in [4.69, 9.17) is 4.74 Å². The molecule has 0 radical (unpaired) electrons. The van der Waals surface area contributed by atoms with Crippen LogP contribution in [-0.2, 0) is 12.2 Å². The molecule has 0 saturated carbocycles. The fraction of sp³-hybridized carbons (Fsp3) is 0.259. The number of methoxy groups -OCH3 is 1. The molecule has 200 valence electrons. The molecule has 9 nitrogen and oxygen atoms in total. The summed E-state index contributed by atoms with van der Waals surface area (Å²) in [7, 11) is 1.37. The second kappa shape index (κ2) is 10.9. The molecule has 0 spiro atoms. The third-order valence-corrected chi connectivity index (χ3v) is 7.51. The molecule has 1 N–H and O–H groups in total. The molecule has 1 aliphatic rings. The summed E-state index contributed by atoms with van der Waals surface area (Å²) in [5.74, 6) is 1.96. The zero-order valence-corrected chi connectivity index (χ0v) is 22.2. The number of carbonyl (C=O) groups is 1. The molecule has 0 aliphatic carbocycles. The third kappa shape index (κ3) is 5.24. The van der Waals surface area contributed by atoms with E-state index in [1.165, 1.54) is 36.5 Å². The largest absolute Gasteiger partial charge is 0.494 e. The SMILES string of the molecule is COc1cnc(C(F)F)cc1-c1cc(-n2cnc(C)c(C)c2=O)ncc1C(=O)Nc1ccc2c(n1)CCSC2. The Bertz CT molecular complexity index is 1640. The minimum absolute atomic E-state index is 0.0726. The highest BCUT2D eigenvalue weighted by Crippen LogP contribution is 2.35. The second-order valence-corrected chi connectivity index (χ2v) is 9.99. The van der Waals surface area contributed by atoms with Gasteiger partial charge >= 0.3 is 0 Å². The number of ether oxygens (including phenoxy) is 1. The van der Waals surface area contributed by atoms with Gasteiger partial charge in [-0.2, -0.15) is 11.8 Å². The van der Waals surface area contributed by atoms with Crippen LogP contribution in [0.5, 0.6) is 5.75 Å². The van der Waals surface area contributed by atoms with E-state index in [-0.39, 0.29) is 33.8 Å². The molecule has 5 rings (SSSR count). The summed E-state index contributed by atoms with van der Waals surface area (Å²) < 4.78 is 33.8. The predicted octanol–water partition coefficient (Wildman–Crippen LogP) is 4.69. The molecule has 4 aromatic heterocycles. The molecule has 5 heterocycles. The van der Waals surface area contributed by atoms with Crippen molar-refractivity contribution in [3.63, 3.8) is 0 Å². The number of anilines is 1. The zero-order chi connectivity index (χ0) is 27.7. The van der Waals surface area contributed by atoms with Gasteiger partial charge in [0.1, 0.15) is 29.4 Å². The van der Waals surface area contributed by atoms with Crippen LogP contribution in [0, 0.1) is 13.8 Å². The van der Waals surface area contributed by atoms with Crippen LogP contribution >= 0.6 is 11.8 Å². The van der Waals surface area contributed by atoms with Gasteiger partial charge in [-0.25, -0.2) is 23.7 Å². The third-order valence-electron chi connectivity index (χ3n) is 6.50. The van der Waals surface area contributed by atoms with Crippen LogP contribution in [0.15, 0.2) is 47.8 Å². The molecular weight excluding hydrogens is 526 g/mol. The van der Waals surface area contributed by atoms with Crippen molar-refractivity contribution in [2.75, 3.05) is 18.2 Å². The molecule has 0 saturated heterocycles. The van der Waals surface area contributed by atoms with Crippen molar-refractivity contribution in [3.05, 3.63) is 87.1 Å². The van der Waals surface area contributed by atoms with Gasteiger partial charge in [0.25, 0.3) is 17.9 Å². The fourth-order valence-electron chi connectivity index (χ4n) is 4.21. The number of carbonyl (C=O) groups excluding carboxylic acids is 1. The summed E-state index contributed by atoms with van der Waals surface area (Å²) in [4.78, 5) is 43.4. The number of amides is 1. The van der Waals surface area contributed by atoms with Crippen molar-refractivity contribution < 1.29 is 18.3 Å². The average Bonchev–Trinajstić information content (AvgIpc) is 2.95. The number of aryl methyl sites for hydroxylation is 2. The minimum Gasteiger partial charge on any atom is -0.494 e. The van der Waals surface area contributed by atoms with Crippen molar-refractivity contribution in [1.82, 2.24) is 24.5 Å². The predicted molar refractivity (Wildman–Crippen MR) is 144 cm³/mol. The van der Waals surface area contributed by atoms with E-state index in [0.29, 0.717) is 17.1 Å². The maximum Gasteiger partial charge on any atom is 0.280 e. The first-order valence-electron chi connectivity index (χ1n) is 12.0. The number of aromatic nitrogens is 5. The summed E-state index contributed by atoms with van der Waals surface area (Å²) in [6.45, 7) is 3.36. The van der Waals surface area contributed by atoms with Crippen LogP contribution in [0.25, 0.3) is 16.9 Å². The lowest BCUT2D eigenvalue weighted by atomic mass is 10.00. The van der Waals surface area contributed by atoms with Crippen molar-refractivity contribution >= 4 is 23.5 Å². The lowest BCUT2D eigenvalue weighted by molar-refractivity contribution is 0.102. The lowest BCUT2D eigenvalue weighted by Crippen LogP contribution is -2.23. The molecule has 0 fully saturated rings. The smallest absolute Gasteiger partial charge is 0.280 e. The van der Waals surface area contributed by atoms with Crippen molar-refractivity contribution in [3.8, 4) is 22.7 Å². The monoisotopic (exact) mass is 550 g/mol. The maximum atomic E-state index is 13.6. The molecule has 0 unspecified atom stereocenters. The topological polar surface area (TPSA) is 112 Å². The molecule has 0 bridgehead atoms. The van der Waals surface area contributed by atoms with E-state index in [2.05, 4.69) is 25.3 Å². The highest BCUT2D eigenvalue weighted by Gasteiger charge is 2.22. The molecule has 1 aliphatic heterocycles. The fourth-order valence-corrected chi connectivity index (χ4v) is 5.17. The van der Waals surface area contributed by atoms with E-state index in [0.717, 1.165) is 35.3 Å². The van der Waals surface area contributed by atoms with Gasteiger partial charge in [0, 0.05) is 40.0 Å². The van der Waals surface area contributed by atoms with E-state index in [1.807, 2.05) is 17.8 Å². The Balaban J connectivity index is 1.64. The molecule has 12 heteroatoms. The summed E-state index contributed by atoms with van der Waals surface area (Å²) in [6.07, 6.45) is 1.75. The summed E-state index contributed by atoms with van der Waals surface area (Å²) in [6, 6.07) is 6.30. The molecular formula is C27H24F2N6O3S. The van der Waals surface area contributed by atoms with Crippen molar-refractivity contribution in [2.24, 2.45) is 0 Å². The number of pyridine rings is 3. The first-order valence-corrected chi connectivity index (χ1v) is 13.2. The van der Waals surface area contributed by atoms with Crippen molar-refractivity contribution in [1.29, 1.82) is 0 Å². The van der Waals surface area contributed by atoms with Crippen LogP contribution in [0.1, 0.15) is 45.0 Å².